The highest BCUT2D eigenvalue weighted by Crippen LogP contribution is 2.34. The Balaban J connectivity index is 1.49. The Morgan fingerprint density at radius 3 is 2.52 bits per heavy atom. The van der Waals surface area contributed by atoms with E-state index in [0.717, 1.165) is 38.8 Å². The first kappa shape index (κ1) is 18.5. The van der Waals surface area contributed by atoms with Crippen molar-refractivity contribution in [2.45, 2.75) is 51.2 Å². The van der Waals surface area contributed by atoms with Gasteiger partial charge >= 0.3 is 6.09 Å². The molecule has 0 N–H and O–H groups in total. The third kappa shape index (κ3) is 4.26. The predicted molar refractivity (Wildman–Crippen MR) is 93.4 cm³/mol. The van der Waals surface area contributed by atoms with E-state index in [-0.39, 0.29) is 18.0 Å². The van der Waals surface area contributed by atoms with Crippen molar-refractivity contribution < 1.29 is 19.1 Å². The second-order valence-electron chi connectivity index (χ2n) is 7.59. The van der Waals surface area contributed by atoms with Crippen LogP contribution in [-0.4, -0.2) is 90.8 Å². The lowest BCUT2D eigenvalue weighted by Crippen LogP contribution is -2.52. The Morgan fingerprint density at radius 1 is 1.20 bits per heavy atom. The maximum atomic E-state index is 12.5. The average molecular weight is 353 g/mol. The number of carbonyl (C=O) groups excluding carboxylic acids is 2. The summed E-state index contributed by atoms with van der Waals surface area (Å²) in [6.07, 6.45) is 3.34. The number of morpholine rings is 1. The molecule has 0 aromatic carbocycles. The molecule has 0 saturated carbocycles. The Labute approximate surface area is 150 Å². The minimum absolute atomic E-state index is 0.178. The van der Waals surface area contributed by atoms with Gasteiger partial charge in [-0.3, -0.25) is 9.69 Å². The van der Waals surface area contributed by atoms with Crippen molar-refractivity contribution >= 4 is 12.0 Å². The van der Waals surface area contributed by atoms with Gasteiger partial charge in [-0.15, -0.1) is 0 Å². The molecule has 25 heavy (non-hydrogen) atoms. The van der Waals surface area contributed by atoms with E-state index in [1.807, 2.05) is 9.80 Å². The Kier molecular flexibility index (Phi) is 5.84. The fraction of sp³-hybridized carbons (Fsp3) is 0.889. The van der Waals surface area contributed by atoms with E-state index in [4.69, 9.17) is 9.47 Å². The quantitative estimate of drug-likeness (QED) is 0.746. The standard InChI is InChI=1S/C18H31N3O4/c1-3-4-15(2)21-14-18(25-17(21)23)5-7-20(8-6-18)16(22)13-19-9-11-24-12-10-19/h15H,3-14H2,1-2H3/t15-/m0/s1. The molecule has 1 atom stereocenters. The van der Waals surface area contributed by atoms with Gasteiger partial charge in [0.1, 0.15) is 5.60 Å². The van der Waals surface area contributed by atoms with Gasteiger partial charge in [0.2, 0.25) is 5.91 Å². The number of amides is 2. The summed E-state index contributed by atoms with van der Waals surface area (Å²) in [7, 11) is 0. The molecule has 0 aromatic heterocycles. The number of likely N-dealkylation sites (tertiary alicyclic amines) is 1. The molecule has 3 heterocycles. The summed E-state index contributed by atoms with van der Waals surface area (Å²) in [6, 6.07) is 0.220. The molecule has 0 aliphatic carbocycles. The first-order valence-electron chi connectivity index (χ1n) is 9.60. The van der Waals surface area contributed by atoms with Gasteiger partial charge in [-0.2, -0.15) is 0 Å². The third-order valence-corrected chi connectivity index (χ3v) is 5.73. The number of hydrogen-bond donors (Lipinski definition) is 0. The summed E-state index contributed by atoms with van der Waals surface area (Å²) in [5.41, 5.74) is -0.394. The summed E-state index contributed by atoms with van der Waals surface area (Å²) in [4.78, 5) is 30.7. The number of rotatable bonds is 5. The zero-order valence-electron chi connectivity index (χ0n) is 15.5. The number of hydrogen-bond acceptors (Lipinski definition) is 5. The Hall–Kier alpha value is -1.34. The molecule has 3 aliphatic rings. The molecule has 0 bridgehead atoms. The first-order valence-corrected chi connectivity index (χ1v) is 9.60. The van der Waals surface area contributed by atoms with E-state index in [1.54, 1.807) is 0 Å². The molecule has 3 saturated heterocycles. The SMILES string of the molecule is CCC[C@H](C)N1CC2(CCN(C(=O)CN3CCOCC3)CC2)OC1=O. The zero-order valence-corrected chi connectivity index (χ0v) is 15.5. The molecule has 0 radical (unpaired) electrons. The number of piperidine rings is 1. The molecule has 3 fully saturated rings. The van der Waals surface area contributed by atoms with Crippen molar-refractivity contribution in [3.8, 4) is 0 Å². The van der Waals surface area contributed by atoms with Crippen molar-refractivity contribution in [2.75, 3.05) is 52.5 Å². The van der Waals surface area contributed by atoms with Crippen molar-refractivity contribution in [3.63, 3.8) is 0 Å². The normalized spacial score (nSPS) is 25.3. The van der Waals surface area contributed by atoms with Crippen LogP contribution in [0.4, 0.5) is 4.79 Å². The molecule has 1 spiro atoms. The molecule has 2 amide bonds. The average Bonchev–Trinajstić information content (AvgIpc) is 2.93. The zero-order chi connectivity index (χ0) is 17.9. The molecule has 0 aromatic rings. The summed E-state index contributed by atoms with van der Waals surface area (Å²) in [5.74, 6) is 0.178. The van der Waals surface area contributed by atoms with Crippen LogP contribution in [0.5, 0.6) is 0 Å². The van der Waals surface area contributed by atoms with Crippen molar-refractivity contribution in [1.29, 1.82) is 0 Å². The van der Waals surface area contributed by atoms with E-state index < -0.39 is 5.60 Å². The van der Waals surface area contributed by atoms with E-state index in [2.05, 4.69) is 18.7 Å². The van der Waals surface area contributed by atoms with E-state index in [0.29, 0.717) is 39.4 Å². The van der Waals surface area contributed by atoms with Crippen LogP contribution in [0, 0.1) is 0 Å². The summed E-state index contributed by atoms with van der Waals surface area (Å²) >= 11 is 0. The van der Waals surface area contributed by atoms with Gasteiger partial charge in [0, 0.05) is 45.1 Å². The maximum absolute atomic E-state index is 12.5. The molecule has 7 nitrogen and oxygen atoms in total. The monoisotopic (exact) mass is 353 g/mol. The molecular formula is C18H31N3O4. The summed E-state index contributed by atoms with van der Waals surface area (Å²) < 4.78 is 11.1. The second kappa shape index (κ2) is 7.91. The van der Waals surface area contributed by atoms with Crippen LogP contribution in [-0.2, 0) is 14.3 Å². The van der Waals surface area contributed by atoms with E-state index in [1.165, 1.54) is 0 Å². The molecule has 142 valence electrons. The number of carbonyl (C=O) groups is 2. The predicted octanol–water partition coefficient (Wildman–Crippen LogP) is 1.32. The molecule has 0 unspecified atom stereocenters. The van der Waals surface area contributed by atoms with Crippen LogP contribution in [0.3, 0.4) is 0 Å². The first-order chi connectivity index (χ1) is 12.0. The number of nitrogens with zero attached hydrogens (tertiary/aromatic N) is 3. The minimum atomic E-state index is -0.394. The third-order valence-electron chi connectivity index (χ3n) is 5.73. The number of ether oxygens (including phenoxy) is 2. The van der Waals surface area contributed by atoms with E-state index >= 15 is 0 Å². The van der Waals surface area contributed by atoms with Gasteiger partial charge in [-0.25, -0.2) is 4.79 Å². The van der Waals surface area contributed by atoms with Crippen LogP contribution in [0.2, 0.25) is 0 Å². The highest BCUT2D eigenvalue weighted by atomic mass is 16.6. The van der Waals surface area contributed by atoms with Crippen LogP contribution in [0.15, 0.2) is 0 Å². The van der Waals surface area contributed by atoms with Gasteiger partial charge in [0.15, 0.2) is 0 Å². The minimum Gasteiger partial charge on any atom is -0.441 e. The van der Waals surface area contributed by atoms with Gasteiger partial charge < -0.3 is 19.3 Å². The maximum Gasteiger partial charge on any atom is 0.410 e. The van der Waals surface area contributed by atoms with Crippen molar-refractivity contribution in [3.05, 3.63) is 0 Å². The molecule has 3 aliphatic heterocycles. The van der Waals surface area contributed by atoms with E-state index in [9.17, 15) is 9.59 Å². The van der Waals surface area contributed by atoms with Gasteiger partial charge in [0.25, 0.3) is 0 Å². The Morgan fingerprint density at radius 2 is 1.88 bits per heavy atom. The lowest BCUT2D eigenvalue weighted by molar-refractivity contribution is -0.136. The van der Waals surface area contributed by atoms with Crippen LogP contribution in [0.1, 0.15) is 39.5 Å². The van der Waals surface area contributed by atoms with Crippen LogP contribution < -0.4 is 0 Å². The largest absolute Gasteiger partial charge is 0.441 e. The van der Waals surface area contributed by atoms with Gasteiger partial charge in [-0.05, 0) is 13.3 Å². The molecule has 7 heteroatoms. The van der Waals surface area contributed by atoms with Gasteiger partial charge in [0.05, 0.1) is 26.3 Å². The summed E-state index contributed by atoms with van der Waals surface area (Å²) in [6.45, 7) is 9.76. The topological polar surface area (TPSA) is 62.3 Å². The lowest BCUT2D eigenvalue weighted by Gasteiger charge is -2.38. The van der Waals surface area contributed by atoms with Crippen molar-refractivity contribution in [1.82, 2.24) is 14.7 Å². The molecular weight excluding hydrogens is 322 g/mol. The fourth-order valence-corrected chi connectivity index (χ4v) is 4.03. The highest BCUT2D eigenvalue weighted by molar-refractivity contribution is 5.78. The summed E-state index contributed by atoms with van der Waals surface area (Å²) in [5, 5.41) is 0. The lowest BCUT2D eigenvalue weighted by atomic mass is 9.91. The van der Waals surface area contributed by atoms with Gasteiger partial charge in [-0.1, -0.05) is 13.3 Å². The van der Waals surface area contributed by atoms with Crippen molar-refractivity contribution in [2.24, 2.45) is 0 Å². The second-order valence-corrected chi connectivity index (χ2v) is 7.59. The van der Waals surface area contributed by atoms with Crippen LogP contribution >= 0.6 is 0 Å². The Bertz CT molecular complexity index is 485. The molecule has 3 rings (SSSR count). The fourth-order valence-electron chi connectivity index (χ4n) is 4.03. The van der Waals surface area contributed by atoms with Crippen LogP contribution in [0.25, 0.3) is 0 Å². The smallest absolute Gasteiger partial charge is 0.410 e. The highest BCUT2D eigenvalue weighted by Gasteiger charge is 2.48.